The first-order valence-electron chi connectivity index (χ1n) is 6.82. The zero-order chi connectivity index (χ0) is 16.4. The van der Waals surface area contributed by atoms with Crippen LogP contribution in [-0.2, 0) is 4.79 Å². The molecule has 0 saturated heterocycles. The van der Waals surface area contributed by atoms with Crippen molar-refractivity contribution >= 4 is 61.9 Å². The van der Waals surface area contributed by atoms with Crippen LogP contribution in [0.4, 0.5) is 5.13 Å². The van der Waals surface area contributed by atoms with Gasteiger partial charge in [-0.1, -0.05) is 46.7 Å². The molecular formula is C17H12Cl2N2OS. The molecule has 1 heterocycles. The Morgan fingerprint density at radius 1 is 1.17 bits per heavy atom. The highest BCUT2D eigenvalue weighted by molar-refractivity contribution is 7.22. The van der Waals surface area contributed by atoms with Gasteiger partial charge in [0.25, 0.3) is 0 Å². The molecule has 1 amide bonds. The van der Waals surface area contributed by atoms with Crippen LogP contribution < -0.4 is 5.32 Å². The zero-order valence-corrected chi connectivity index (χ0v) is 14.5. The number of carbonyl (C=O) groups is 1. The normalized spacial score (nSPS) is 11.3. The fourth-order valence-electron chi connectivity index (χ4n) is 2.02. The average molecular weight is 363 g/mol. The van der Waals surface area contributed by atoms with E-state index in [4.69, 9.17) is 23.2 Å². The van der Waals surface area contributed by atoms with Gasteiger partial charge >= 0.3 is 0 Å². The second-order valence-corrected chi connectivity index (χ2v) is 6.83. The van der Waals surface area contributed by atoms with Crippen LogP contribution in [0.5, 0.6) is 0 Å². The second kappa shape index (κ2) is 6.71. The lowest BCUT2D eigenvalue weighted by Crippen LogP contribution is -2.07. The number of rotatable bonds is 3. The predicted molar refractivity (Wildman–Crippen MR) is 98.5 cm³/mol. The first kappa shape index (κ1) is 16.0. The molecule has 3 aromatic rings. The van der Waals surface area contributed by atoms with E-state index < -0.39 is 0 Å². The summed E-state index contributed by atoms with van der Waals surface area (Å²) in [5, 5.41) is 4.29. The molecule has 0 aliphatic heterocycles. The number of anilines is 1. The van der Waals surface area contributed by atoms with Gasteiger partial charge in [0.15, 0.2) is 5.13 Å². The molecule has 0 unspecified atom stereocenters. The van der Waals surface area contributed by atoms with Crippen molar-refractivity contribution in [2.24, 2.45) is 0 Å². The maximum absolute atomic E-state index is 12.0. The van der Waals surface area contributed by atoms with Crippen LogP contribution in [-0.4, -0.2) is 10.9 Å². The summed E-state index contributed by atoms with van der Waals surface area (Å²) in [6.45, 7) is 2.03. The average Bonchev–Trinajstić information content (AvgIpc) is 2.89. The lowest BCUT2D eigenvalue weighted by molar-refractivity contribution is -0.111. The van der Waals surface area contributed by atoms with Crippen molar-refractivity contribution < 1.29 is 4.79 Å². The molecule has 116 valence electrons. The van der Waals surface area contributed by atoms with Crippen LogP contribution in [0, 0.1) is 6.92 Å². The van der Waals surface area contributed by atoms with Gasteiger partial charge in [0, 0.05) is 6.08 Å². The Balaban J connectivity index is 1.72. The van der Waals surface area contributed by atoms with E-state index in [2.05, 4.69) is 10.3 Å². The van der Waals surface area contributed by atoms with Crippen molar-refractivity contribution in [3.05, 3.63) is 63.6 Å². The van der Waals surface area contributed by atoms with E-state index in [1.807, 2.05) is 25.1 Å². The highest BCUT2D eigenvalue weighted by Gasteiger charge is 2.06. The van der Waals surface area contributed by atoms with Crippen molar-refractivity contribution in [3.8, 4) is 0 Å². The van der Waals surface area contributed by atoms with Crippen LogP contribution in [0.25, 0.3) is 16.3 Å². The first-order valence-corrected chi connectivity index (χ1v) is 8.40. The van der Waals surface area contributed by atoms with Gasteiger partial charge in [-0.15, -0.1) is 0 Å². The van der Waals surface area contributed by atoms with E-state index in [0.717, 1.165) is 15.8 Å². The fourth-order valence-corrected chi connectivity index (χ4v) is 3.29. The van der Waals surface area contributed by atoms with Crippen LogP contribution in [0.1, 0.15) is 11.1 Å². The van der Waals surface area contributed by atoms with Gasteiger partial charge < -0.3 is 0 Å². The molecule has 0 fully saturated rings. The molecule has 0 spiro atoms. The molecule has 0 saturated carbocycles. The molecule has 0 aliphatic rings. The number of hydrogen-bond donors (Lipinski definition) is 1. The molecule has 0 radical (unpaired) electrons. The highest BCUT2D eigenvalue weighted by Crippen LogP contribution is 2.27. The lowest BCUT2D eigenvalue weighted by Gasteiger charge is -1.98. The summed E-state index contributed by atoms with van der Waals surface area (Å²) in [5.41, 5.74) is 2.84. The van der Waals surface area contributed by atoms with Crippen molar-refractivity contribution in [2.45, 2.75) is 6.92 Å². The number of aromatic nitrogens is 1. The van der Waals surface area contributed by atoms with Crippen LogP contribution in [0.2, 0.25) is 10.0 Å². The van der Waals surface area contributed by atoms with Gasteiger partial charge in [-0.05, 0) is 48.4 Å². The zero-order valence-electron chi connectivity index (χ0n) is 12.1. The largest absolute Gasteiger partial charge is 0.298 e. The minimum Gasteiger partial charge on any atom is -0.298 e. The summed E-state index contributed by atoms with van der Waals surface area (Å²) in [6.07, 6.45) is 3.12. The number of aryl methyl sites for hydroxylation is 1. The van der Waals surface area contributed by atoms with Gasteiger partial charge in [0.2, 0.25) is 5.91 Å². The summed E-state index contributed by atoms with van der Waals surface area (Å²) in [6, 6.07) is 11.2. The van der Waals surface area contributed by atoms with Crippen LogP contribution >= 0.6 is 34.5 Å². The molecule has 1 N–H and O–H groups in total. The van der Waals surface area contributed by atoms with E-state index in [9.17, 15) is 4.79 Å². The molecule has 2 aromatic carbocycles. The maximum atomic E-state index is 12.0. The molecule has 0 bridgehead atoms. The lowest BCUT2D eigenvalue weighted by atomic mass is 10.2. The van der Waals surface area contributed by atoms with E-state index in [0.29, 0.717) is 15.2 Å². The smallest absolute Gasteiger partial charge is 0.250 e. The van der Waals surface area contributed by atoms with E-state index >= 15 is 0 Å². The molecule has 3 nitrogen and oxygen atoms in total. The number of thiazole rings is 1. The monoisotopic (exact) mass is 362 g/mol. The van der Waals surface area contributed by atoms with E-state index in [-0.39, 0.29) is 5.91 Å². The molecule has 0 aliphatic carbocycles. The molecule has 0 atom stereocenters. The highest BCUT2D eigenvalue weighted by atomic mass is 35.5. The number of benzene rings is 2. The minimum atomic E-state index is -0.244. The Morgan fingerprint density at radius 2 is 2.00 bits per heavy atom. The number of nitrogens with one attached hydrogen (secondary N) is 1. The standard InChI is InChI=1S/C17H12Cl2N2OS/c1-10-2-6-14-15(8-10)23-17(20-14)21-16(22)7-4-11-3-5-12(18)13(19)9-11/h2-9H,1H3,(H,20,21,22)/b7-4+. The summed E-state index contributed by atoms with van der Waals surface area (Å²) >= 11 is 13.3. The maximum Gasteiger partial charge on any atom is 0.250 e. The third kappa shape index (κ3) is 3.91. The summed E-state index contributed by atoms with van der Waals surface area (Å²) in [7, 11) is 0. The third-order valence-corrected chi connectivity index (χ3v) is 4.82. The minimum absolute atomic E-state index is 0.244. The Morgan fingerprint density at radius 3 is 2.78 bits per heavy atom. The number of hydrogen-bond acceptors (Lipinski definition) is 3. The van der Waals surface area contributed by atoms with Crippen LogP contribution in [0.15, 0.2) is 42.5 Å². The Kier molecular flexibility index (Phi) is 4.66. The first-order chi connectivity index (χ1) is 11.0. The molecule has 23 heavy (non-hydrogen) atoms. The summed E-state index contributed by atoms with van der Waals surface area (Å²) in [4.78, 5) is 16.4. The number of carbonyl (C=O) groups excluding carboxylic acids is 1. The molecule has 1 aromatic heterocycles. The number of fused-ring (bicyclic) bond motifs is 1. The van der Waals surface area contributed by atoms with Crippen molar-refractivity contribution in [3.63, 3.8) is 0 Å². The second-order valence-electron chi connectivity index (χ2n) is 4.99. The third-order valence-electron chi connectivity index (χ3n) is 3.14. The number of nitrogens with zero attached hydrogens (tertiary/aromatic N) is 1. The quantitative estimate of drug-likeness (QED) is 0.619. The Labute approximate surface area is 147 Å². The summed E-state index contributed by atoms with van der Waals surface area (Å²) in [5.74, 6) is -0.244. The van der Waals surface area contributed by atoms with E-state index in [1.54, 1.807) is 24.3 Å². The predicted octanol–water partition coefficient (Wildman–Crippen LogP) is 5.56. The fraction of sp³-hybridized carbons (Fsp3) is 0.0588. The van der Waals surface area contributed by atoms with E-state index in [1.165, 1.54) is 23.0 Å². The number of halogens is 2. The van der Waals surface area contributed by atoms with Crippen molar-refractivity contribution in [1.82, 2.24) is 4.98 Å². The summed E-state index contributed by atoms with van der Waals surface area (Å²) < 4.78 is 1.05. The van der Waals surface area contributed by atoms with Crippen molar-refractivity contribution in [1.29, 1.82) is 0 Å². The van der Waals surface area contributed by atoms with Gasteiger partial charge in [-0.2, -0.15) is 0 Å². The topological polar surface area (TPSA) is 42.0 Å². The van der Waals surface area contributed by atoms with Gasteiger partial charge in [-0.25, -0.2) is 4.98 Å². The van der Waals surface area contributed by atoms with Crippen molar-refractivity contribution in [2.75, 3.05) is 5.32 Å². The van der Waals surface area contributed by atoms with Gasteiger partial charge in [0.05, 0.1) is 20.3 Å². The molecule has 6 heteroatoms. The molecular weight excluding hydrogens is 351 g/mol. The van der Waals surface area contributed by atoms with Crippen LogP contribution in [0.3, 0.4) is 0 Å². The SMILES string of the molecule is Cc1ccc2nc(NC(=O)/C=C/c3ccc(Cl)c(Cl)c3)sc2c1. The van der Waals surface area contributed by atoms with Gasteiger partial charge in [0.1, 0.15) is 0 Å². The molecule has 3 rings (SSSR count). The Bertz CT molecular complexity index is 918. The van der Waals surface area contributed by atoms with Gasteiger partial charge in [-0.3, -0.25) is 10.1 Å². The Hall–Kier alpha value is -1.88. The number of amides is 1.